The molecule has 0 aromatic heterocycles. The summed E-state index contributed by atoms with van der Waals surface area (Å²) < 4.78 is 23.0. The number of aliphatic hydroxyl groups is 2. The number of allylic oxidation sites excluding steroid dienone is 16. The Morgan fingerprint density at radius 2 is 1.19 bits per heavy atom. The molecule has 0 saturated carbocycles. The van der Waals surface area contributed by atoms with Gasteiger partial charge in [-0.05, 0) is 96.8 Å². The average Bonchev–Trinajstić information content (AvgIpc) is 3.10. The van der Waals surface area contributed by atoms with Gasteiger partial charge in [-0.2, -0.15) is 0 Å². The minimum atomic E-state index is -4.70. The quantitative estimate of drug-likeness (QED) is 0.0264. The molecular weight excluding hydrogens is 687 g/mol. The Bertz CT molecular complexity index is 1200. The number of hydrogen-bond donors (Lipinski definition) is 3. The molecule has 1 amide bonds. The molecule has 0 rings (SSSR count). The second-order valence-electron chi connectivity index (χ2n) is 14.0. The van der Waals surface area contributed by atoms with Gasteiger partial charge in [0.05, 0.1) is 39.9 Å². The van der Waals surface area contributed by atoms with Crippen LogP contribution in [0.5, 0.6) is 0 Å². The van der Waals surface area contributed by atoms with E-state index in [1.165, 1.54) is 0 Å². The second kappa shape index (κ2) is 33.9. The van der Waals surface area contributed by atoms with E-state index < -0.39 is 32.7 Å². The molecule has 10 heteroatoms. The predicted octanol–water partition coefficient (Wildman–Crippen LogP) is 8.74. The molecule has 0 fully saturated rings. The third kappa shape index (κ3) is 34.9. The van der Waals surface area contributed by atoms with Gasteiger partial charge >= 0.3 is 0 Å². The van der Waals surface area contributed by atoms with E-state index in [1.807, 2.05) is 34.1 Å². The summed E-state index contributed by atoms with van der Waals surface area (Å²) in [5.41, 5.74) is 0. The number of amides is 1. The first-order chi connectivity index (χ1) is 25.4. The summed E-state index contributed by atoms with van der Waals surface area (Å²) >= 11 is 0. The zero-order valence-electron chi connectivity index (χ0n) is 33.5. The van der Waals surface area contributed by atoms with Gasteiger partial charge in [0.25, 0.3) is 7.82 Å². The zero-order chi connectivity index (χ0) is 39.5. The van der Waals surface area contributed by atoms with E-state index in [-0.39, 0.29) is 25.4 Å². The largest absolute Gasteiger partial charge is 0.756 e. The lowest BCUT2D eigenvalue weighted by Gasteiger charge is -2.31. The molecule has 0 saturated heterocycles. The van der Waals surface area contributed by atoms with Crippen LogP contribution in [0.4, 0.5) is 0 Å². The van der Waals surface area contributed by atoms with Crippen LogP contribution in [-0.4, -0.2) is 79.8 Å². The lowest BCUT2D eigenvalue weighted by molar-refractivity contribution is -0.870. The Morgan fingerprint density at radius 3 is 1.72 bits per heavy atom. The standard InChI is InChI=1S/C43H73N2O7P/c1-6-8-10-12-14-16-18-20-21-22-23-24-26-28-30-32-34-36-42(47)44-40(39-52-53(49,50)51-38-37-45(3,4)5)43(48)41(46)35-33-31-29-27-25-19-17-15-13-11-9-7-2/h7-10,14-17,20-21,23-24,27-30,40-41,43,46,48H,6,11-13,18-19,22,25-26,31-39H2,1-5H3,(H-,44,47,49,50)/b9-7+,10-8-,16-14-,17-15+,21-20-,24-23-,29-27+,30-28-. The normalized spacial score (nSPS) is 16.2. The molecule has 4 unspecified atom stereocenters. The molecule has 0 aliphatic carbocycles. The molecule has 9 nitrogen and oxygen atoms in total. The van der Waals surface area contributed by atoms with Crippen LogP contribution in [0.25, 0.3) is 0 Å². The predicted molar refractivity (Wildman–Crippen MR) is 220 cm³/mol. The SMILES string of the molecule is C/C=C/CC/C=C/CC/C=C/CCCC(O)C(O)C(COP(=O)([O-])OCC[N+](C)(C)C)NC(=O)CCC/C=C\C/C=C\C/C=C\C/C=C\C/C=C\CC. The molecule has 53 heavy (non-hydrogen) atoms. The molecule has 4 atom stereocenters. The molecular formula is C43H73N2O7P. The number of rotatable bonds is 33. The van der Waals surface area contributed by atoms with Gasteiger partial charge in [0.1, 0.15) is 19.3 Å². The summed E-state index contributed by atoms with van der Waals surface area (Å²) in [5.74, 6) is -0.359. The molecule has 0 aromatic carbocycles. The van der Waals surface area contributed by atoms with Crippen molar-refractivity contribution in [3.05, 3.63) is 97.2 Å². The molecule has 0 spiro atoms. The number of nitrogens with zero attached hydrogens (tertiary/aromatic N) is 1. The number of likely N-dealkylation sites (N-methyl/N-ethyl adjacent to an activating group) is 1. The van der Waals surface area contributed by atoms with Crippen LogP contribution in [0.15, 0.2) is 97.2 Å². The van der Waals surface area contributed by atoms with Crippen molar-refractivity contribution in [3.8, 4) is 0 Å². The van der Waals surface area contributed by atoms with Gasteiger partial charge in [0.15, 0.2) is 0 Å². The van der Waals surface area contributed by atoms with Crippen LogP contribution in [-0.2, 0) is 18.4 Å². The number of phosphoric acid groups is 1. The van der Waals surface area contributed by atoms with Gasteiger partial charge in [-0.25, -0.2) is 0 Å². The molecule has 302 valence electrons. The highest BCUT2D eigenvalue weighted by molar-refractivity contribution is 7.45. The number of quaternary nitrogens is 1. The number of carbonyl (C=O) groups is 1. The molecule has 0 aliphatic rings. The van der Waals surface area contributed by atoms with Crippen molar-refractivity contribution in [3.63, 3.8) is 0 Å². The first-order valence-electron chi connectivity index (χ1n) is 19.6. The fourth-order valence-electron chi connectivity index (χ4n) is 4.80. The lowest BCUT2D eigenvalue weighted by Crippen LogP contribution is -2.51. The Balaban J connectivity index is 4.79. The summed E-state index contributed by atoms with van der Waals surface area (Å²) in [7, 11) is 1.03. The smallest absolute Gasteiger partial charge is 0.268 e. The number of aliphatic hydroxyl groups excluding tert-OH is 2. The number of phosphoric ester groups is 1. The molecule has 0 aliphatic heterocycles. The average molecular weight is 761 g/mol. The van der Waals surface area contributed by atoms with E-state index in [0.29, 0.717) is 30.3 Å². The number of carbonyl (C=O) groups excluding carboxylic acids is 1. The van der Waals surface area contributed by atoms with E-state index in [9.17, 15) is 24.5 Å². The number of hydrogen-bond acceptors (Lipinski definition) is 7. The topological polar surface area (TPSA) is 128 Å². The minimum Gasteiger partial charge on any atom is -0.756 e. The Hall–Kier alpha value is -2.62. The molecule has 3 N–H and O–H groups in total. The van der Waals surface area contributed by atoms with Crippen molar-refractivity contribution in [2.75, 3.05) is 40.9 Å². The second-order valence-corrected chi connectivity index (χ2v) is 15.4. The van der Waals surface area contributed by atoms with Gasteiger partial charge in [0.2, 0.25) is 5.91 Å². The van der Waals surface area contributed by atoms with Crippen LogP contribution >= 0.6 is 7.82 Å². The monoisotopic (exact) mass is 761 g/mol. The van der Waals surface area contributed by atoms with Crippen LogP contribution in [0, 0.1) is 0 Å². The number of unbranched alkanes of at least 4 members (excludes halogenated alkanes) is 4. The van der Waals surface area contributed by atoms with Gasteiger partial charge in [-0.1, -0.05) is 104 Å². The zero-order valence-corrected chi connectivity index (χ0v) is 34.4. The third-order valence-corrected chi connectivity index (χ3v) is 8.91. The van der Waals surface area contributed by atoms with E-state index in [0.717, 1.165) is 64.2 Å². The summed E-state index contributed by atoms with van der Waals surface area (Å²) in [6.07, 6.45) is 43.3. The van der Waals surface area contributed by atoms with Crippen molar-refractivity contribution in [2.24, 2.45) is 0 Å². The summed E-state index contributed by atoms with van der Waals surface area (Å²) in [6, 6.07) is -1.13. The molecule has 0 radical (unpaired) electrons. The maximum Gasteiger partial charge on any atom is 0.268 e. The maximum atomic E-state index is 12.8. The Morgan fingerprint density at radius 1 is 0.717 bits per heavy atom. The molecule has 0 aromatic rings. The maximum absolute atomic E-state index is 12.8. The first kappa shape index (κ1) is 50.4. The lowest BCUT2D eigenvalue weighted by atomic mass is 10.0. The van der Waals surface area contributed by atoms with Crippen molar-refractivity contribution >= 4 is 13.7 Å². The van der Waals surface area contributed by atoms with Crippen molar-refractivity contribution in [1.82, 2.24) is 5.32 Å². The van der Waals surface area contributed by atoms with Crippen molar-refractivity contribution in [1.29, 1.82) is 0 Å². The Labute approximate surface area is 322 Å². The highest BCUT2D eigenvalue weighted by Gasteiger charge is 2.29. The molecule has 0 heterocycles. The van der Waals surface area contributed by atoms with E-state index in [4.69, 9.17) is 9.05 Å². The fourth-order valence-corrected chi connectivity index (χ4v) is 5.52. The summed E-state index contributed by atoms with van der Waals surface area (Å²) in [4.78, 5) is 25.2. The van der Waals surface area contributed by atoms with Crippen molar-refractivity contribution < 1.29 is 38.0 Å². The van der Waals surface area contributed by atoms with Gasteiger partial charge in [-0.15, -0.1) is 0 Å². The summed E-state index contributed by atoms with van der Waals surface area (Å²) in [5, 5.41) is 24.4. The van der Waals surface area contributed by atoms with E-state index in [1.54, 1.807) is 0 Å². The number of nitrogens with one attached hydrogen (secondary N) is 1. The fraction of sp³-hybridized carbons (Fsp3) is 0.605. The van der Waals surface area contributed by atoms with E-state index in [2.05, 4.69) is 103 Å². The van der Waals surface area contributed by atoms with Gasteiger partial charge < -0.3 is 34.0 Å². The van der Waals surface area contributed by atoms with Crippen LogP contribution in [0.1, 0.15) is 110 Å². The highest BCUT2D eigenvalue weighted by atomic mass is 31.2. The molecule has 0 bridgehead atoms. The van der Waals surface area contributed by atoms with Crippen molar-refractivity contribution in [2.45, 2.75) is 128 Å². The minimum absolute atomic E-state index is 0.0668. The van der Waals surface area contributed by atoms with Gasteiger partial charge in [-0.3, -0.25) is 9.36 Å². The third-order valence-electron chi connectivity index (χ3n) is 7.95. The highest BCUT2D eigenvalue weighted by Crippen LogP contribution is 2.38. The van der Waals surface area contributed by atoms with Crippen LogP contribution in [0.3, 0.4) is 0 Å². The summed E-state index contributed by atoms with van der Waals surface area (Å²) in [6.45, 7) is 3.98. The van der Waals surface area contributed by atoms with E-state index >= 15 is 0 Å². The first-order valence-corrected chi connectivity index (χ1v) is 21.1. The van der Waals surface area contributed by atoms with Crippen LogP contribution in [0.2, 0.25) is 0 Å². The van der Waals surface area contributed by atoms with Gasteiger partial charge in [0, 0.05) is 6.42 Å². The Kier molecular flexibility index (Phi) is 32.2. The van der Waals surface area contributed by atoms with Crippen LogP contribution < -0.4 is 10.2 Å².